The number of rotatable bonds is 4. The Bertz CT molecular complexity index is 929. The van der Waals surface area contributed by atoms with Crippen molar-refractivity contribution in [2.24, 2.45) is 0 Å². The average molecular weight is 331 g/mol. The highest BCUT2D eigenvalue weighted by Crippen LogP contribution is 2.22. The molecule has 24 heavy (non-hydrogen) atoms. The van der Waals surface area contributed by atoms with Crippen LogP contribution in [-0.4, -0.2) is 31.3 Å². The molecule has 3 rings (SSSR count). The lowest BCUT2D eigenvalue weighted by Crippen LogP contribution is -2.22. The third kappa shape index (κ3) is 2.79. The average Bonchev–Trinajstić information content (AvgIpc) is 3.12. The van der Waals surface area contributed by atoms with Gasteiger partial charge in [0, 0.05) is 17.2 Å². The van der Waals surface area contributed by atoms with Crippen LogP contribution < -0.4 is 10.3 Å². The predicted octanol–water partition coefficient (Wildman–Crippen LogP) is 1.80. The summed E-state index contributed by atoms with van der Waals surface area (Å²) >= 11 is 0. The predicted molar refractivity (Wildman–Crippen MR) is 87.5 cm³/mol. The number of oxazole rings is 1. The highest BCUT2D eigenvalue weighted by molar-refractivity contribution is 5.30. The zero-order valence-corrected chi connectivity index (χ0v) is 14.5. The van der Waals surface area contributed by atoms with Crippen LogP contribution in [0.3, 0.4) is 0 Å². The van der Waals surface area contributed by atoms with Gasteiger partial charge < -0.3 is 9.15 Å². The number of hydrogen-bond acceptors (Lipinski definition) is 6. The summed E-state index contributed by atoms with van der Waals surface area (Å²) in [5, 5.41) is 0. The molecule has 0 fully saturated rings. The van der Waals surface area contributed by atoms with E-state index < -0.39 is 0 Å². The Kier molecular flexibility index (Phi) is 3.90. The van der Waals surface area contributed by atoms with E-state index in [-0.39, 0.29) is 23.5 Å². The van der Waals surface area contributed by atoms with E-state index in [1.165, 1.54) is 17.7 Å². The van der Waals surface area contributed by atoms with Gasteiger partial charge in [0.2, 0.25) is 5.89 Å². The van der Waals surface area contributed by atoms with Crippen molar-refractivity contribution in [3.8, 4) is 6.01 Å². The molecule has 0 saturated carbocycles. The molecule has 3 aromatic rings. The fourth-order valence-electron chi connectivity index (χ4n) is 2.37. The molecular formula is C16H21N5O3. The second kappa shape index (κ2) is 5.77. The van der Waals surface area contributed by atoms with Gasteiger partial charge in [-0.3, -0.25) is 4.79 Å². The number of fused-ring (bicyclic) bond motifs is 1. The fraction of sp³-hybridized carbons (Fsp3) is 0.500. The van der Waals surface area contributed by atoms with E-state index in [9.17, 15) is 4.79 Å². The van der Waals surface area contributed by atoms with Gasteiger partial charge in [-0.15, -0.1) is 0 Å². The highest BCUT2D eigenvalue weighted by Gasteiger charge is 2.21. The maximum absolute atomic E-state index is 12.4. The first-order valence-electron chi connectivity index (χ1n) is 7.82. The summed E-state index contributed by atoms with van der Waals surface area (Å²) in [6.07, 6.45) is 2.30. The molecule has 3 aromatic heterocycles. The molecule has 0 saturated heterocycles. The summed E-state index contributed by atoms with van der Waals surface area (Å²) in [4.78, 5) is 25.6. The topological polar surface area (TPSA) is 87.5 Å². The normalized spacial score (nSPS) is 12.0. The summed E-state index contributed by atoms with van der Waals surface area (Å²) in [5.41, 5.74) is 1.21. The first-order valence-corrected chi connectivity index (χ1v) is 7.82. The summed E-state index contributed by atoms with van der Waals surface area (Å²) < 4.78 is 13.8. The monoisotopic (exact) mass is 331 g/mol. The summed E-state index contributed by atoms with van der Waals surface area (Å²) in [7, 11) is 1.50. The Labute approximate surface area is 139 Å². The van der Waals surface area contributed by atoms with Crippen molar-refractivity contribution >= 4 is 5.78 Å². The van der Waals surface area contributed by atoms with E-state index in [1.807, 2.05) is 6.92 Å². The van der Waals surface area contributed by atoms with Gasteiger partial charge in [0.05, 0.1) is 12.8 Å². The molecule has 0 aliphatic heterocycles. The molecule has 0 spiro atoms. The van der Waals surface area contributed by atoms with Gasteiger partial charge in [-0.25, -0.2) is 14.6 Å². The van der Waals surface area contributed by atoms with Crippen LogP contribution in [-0.2, 0) is 18.4 Å². The minimum atomic E-state index is -0.213. The zero-order chi connectivity index (χ0) is 17.5. The molecule has 128 valence electrons. The van der Waals surface area contributed by atoms with E-state index in [0.29, 0.717) is 23.8 Å². The van der Waals surface area contributed by atoms with Crippen molar-refractivity contribution in [1.82, 2.24) is 24.1 Å². The standard InChI is InChI=1S/C16H21N5O3/c1-6-10-7-13(22)21-14(17-10)19-15(23-5)20(21)8-12-18-11(9-24-12)16(2,3)4/h7,9H,6,8H2,1-5H3. The van der Waals surface area contributed by atoms with Crippen molar-refractivity contribution in [3.05, 3.63) is 40.0 Å². The van der Waals surface area contributed by atoms with Crippen LogP contribution >= 0.6 is 0 Å². The molecule has 3 heterocycles. The molecule has 0 bridgehead atoms. The number of nitrogens with zero attached hydrogens (tertiary/aromatic N) is 5. The third-order valence-corrected chi connectivity index (χ3v) is 3.74. The van der Waals surface area contributed by atoms with Crippen LogP contribution in [0.1, 0.15) is 45.0 Å². The van der Waals surface area contributed by atoms with Crippen LogP contribution in [0, 0.1) is 0 Å². The fourth-order valence-corrected chi connectivity index (χ4v) is 2.37. The van der Waals surface area contributed by atoms with E-state index in [1.54, 1.807) is 10.9 Å². The van der Waals surface area contributed by atoms with Crippen molar-refractivity contribution in [2.75, 3.05) is 7.11 Å². The zero-order valence-electron chi connectivity index (χ0n) is 14.5. The van der Waals surface area contributed by atoms with Crippen molar-refractivity contribution < 1.29 is 9.15 Å². The summed E-state index contributed by atoms with van der Waals surface area (Å²) in [6.45, 7) is 8.34. The minimum absolute atomic E-state index is 0.114. The maximum Gasteiger partial charge on any atom is 0.315 e. The number of ether oxygens (including phenoxy) is 1. The summed E-state index contributed by atoms with van der Waals surface area (Å²) in [6, 6.07) is 1.78. The lowest BCUT2D eigenvalue weighted by Gasteiger charge is -2.13. The highest BCUT2D eigenvalue weighted by atomic mass is 16.5. The minimum Gasteiger partial charge on any atom is -0.467 e. The van der Waals surface area contributed by atoms with Gasteiger partial charge in [0.1, 0.15) is 12.8 Å². The van der Waals surface area contributed by atoms with Gasteiger partial charge in [-0.2, -0.15) is 9.50 Å². The first-order chi connectivity index (χ1) is 11.3. The molecule has 8 nitrogen and oxygen atoms in total. The van der Waals surface area contributed by atoms with Crippen LogP contribution in [0.4, 0.5) is 0 Å². The molecule has 0 radical (unpaired) electrons. The first kappa shape index (κ1) is 16.2. The molecule has 0 atom stereocenters. The quantitative estimate of drug-likeness (QED) is 0.724. The SMILES string of the molecule is CCc1cc(=O)n2c(n1)nc(OC)n2Cc1nc(C(C)(C)C)co1. The van der Waals surface area contributed by atoms with E-state index in [2.05, 4.69) is 35.7 Å². The van der Waals surface area contributed by atoms with Crippen molar-refractivity contribution in [1.29, 1.82) is 0 Å². The molecule has 0 aliphatic rings. The second-order valence-electron chi connectivity index (χ2n) is 6.58. The Morgan fingerprint density at radius 2 is 2.00 bits per heavy atom. The van der Waals surface area contributed by atoms with E-state index in [0.717, 1.165) is 5.69 Å². The molecular weight excluding hydrogens is 310 g/mol. The van der Waals surface area contributed by atoms with E-state index in [4.69, 9.17) is 9.15 Å². The van der Waals surface area contributed by atoms with Crippen molar-refractivity contribution in [3.63, 3.8) is 0 Å². The van der Waals surface area contributed by atoms with Gasteiger partial charge >= 0.3 is 6.01 Å². The maximum atomic E-state index is 12.4. The van der Waals surface area contributed by atoms with Gasteiger partial charge in [-0.1, -0.05) is 27.7 Å². The van der Waals surface area contributed by atoms with Crippen LogP contribution in [0.5, 0.6) is 6.01 Å². The Balaban J connectivity index is 2.08. The number of methoxy groups -OCH3 is 1. The molecule has 0 aliphatic carbocycles. The Morgan fingerprint density at radius 1 is 1.25 bits per heavy atom. The largest absolute Gasteiger partial charge is 0.467 e. The summed E-state index contributed by atoms with van der Waals surface area (Å²) in [5.74, 6) is 0.780. The Hall–Kier alpha value is -2.64. The van der Waals surface area contributed by atoms with E-state index >= 15 is 0 Å². The van der Waals surface area contributed by atoms with Gasteiger partial charge in [-0.05, 0) is 6.42 Å². The number of hydrogen-bond donors (Lipinski definition) is 0. The third-order valence-electron chi connectivity index (χ3n) is 3.74. The van der Waals surface area contributed by atoms with Crippen LogP contribution in [0.25, 0.3) is 5.78 Å². The van der Waals surface area contributed by atoms with Crippen molar-refractivity contribution in [2.45, 2.75) is 46.1 Å². The smallest absolute Gasteiger partial charge is 0.315 e. The Morgan fingerprint density at radius 3 is 2.58 bits per heavy atom. The number of aryl methyl sites for hydroxylation is 1. The molecule has 0 amide bonds. The molecule has 0 N–H and O–H groups in total. The molecule has 0 aromatic carbocycles. The lowest BCUT2D eigenvalue weighted by atomic mass is 9.93. The van der Waals surface area contributed by atoms with Crippen LogP contribution in [0.15, 0.2) is 21.5 Å². The second-order valence-corrected chi connectivity index (χ2v) is 6.58. The molecule has 0 unspecified atom stereocenters. The van der Waals surface area contributed by atoms with Gasteiger partial charge in [0.25, 0.3) is 11.3 Å². The van der Waals surface area contributed by atoms with Gasteiger partial charge in [0.15, 0.2) is 0 Å². The molecule has 8 heteroatoms. The van der Waals surface area contributed by atoms with Crippen LogP contribution in [0.2, 0.25) is 0 Å². The number of aromatic nitrogens is 5. The lowest BCUT2D eigenvalue weighted by molar-refractivity contribution is 0.336.